The monoisotopic (exact) mass is 627 g/mol. The standard InChI is InChI=1S/C46H29NO2/c1-3-10-30(11-4-1)31-18-24-35(25-19-31)47(34-12-5-2-6-13-34)36-26-20-32(21-27-36)37-15-9-17-40-44(37)46-42(49-40)29-23-33-22-28-41-45(43(33)46)38-14-7-8-16-39(38)48-41/h1-29H. The van der Waals surface area contributed by atoms with E-state index in [0.717, 1.165) is 82.8 Å². The van der Waals surface area contributed by atoms with E-state index in [-0.39, 0.29) is 0 Å². The summed E-state index contributed by atoms with van der Waals surface area (Å²) in [7, 11) is 0. The Hall–Kier alpha value is -6.58. The highest BCUT2D eigenvalue weighted by atomic mass is 16.3. The number of hydrogen-bond donors (Lipinski definition) is 0. The second-order valence-corrected chi connectivity index (χ2v) is 12.5. The summed E-state index contributed by atoms with van der Waals surface area (Å²) in [6.45, 7) is 0. The van der Waals surface area contributed by atoms with E-state index in [1.807, 2.05) is 12.1 Å². The molecule has 0 bridgehead atoms. The van der Waals surface area contributed by atoms with Crippen molar-refractivity contribution in [3.8, 4) is 22.3 Å². The number of fused-ring (bicyclic) bond motifs is 9. The van der Waals surface area contributed by atoms with Gasteiger partial charge in [-0.3, -0.25) is 0 Å². The smallest absolute Gasteiger partial charge is 0.136 e. The molecule has 0 N–H and O–H groups in total. The largest absolute Gasteiger partial charge is 0.456 e. The quantitative estimate of drug-likeness (QED) is 0.190. The third-order valence-corrected chi connectivity index (χ3v) is 9.67. The molecule has 49 heavy (non-hydrogen) atoms. The first-order valence-corrected chi connectivity index (χ1v) is 16.6. The van der Waals surface area contributed by atoms with Gasteiger partial charge < -0.3 is 13.7 Å². The van der Waals surface area contributed by atoms with Crippen LogP contribution in [0.15, 0.2) is 185 Å². The third kappa shape index (κ3) is 4.44. The van der Waals surface area contributed by atoms with Crippen LogP contribution >= 0.6 is 0 Å². The second kappa shape index (κ2) is 11.0. The molecule has 2 aromatic heterocycles. The molecular formula is C46H29NO2. The molecule has 0 saturated carbocycles. The molecule has 0 unspecified atom stereocenters. The third-order valence-electron chi connectivity index (χ3n) is 9.67. The molecule has 0 radical (unpaired) electrons. The van der Waals surface area contributed by atoms with Gasteiger partial charge in [0.2, 0.25) is 0 Å². The topological polar surface area (TPSA) is 29.5 Å². The Morgan fingerprint density at radius 3 is 1.57 bits per heavy atom. The van der Waals surface area contributed by atoms with Gasteiger partial charge in [-0.05, 0) is 88.3 Å². The number of furan rings is 2. The fraction of sp³-hybridized carbons (Fsp3) is 0. The number of rotatable bonds is 5. The van der Waals surface area contributed by atoms with Gasteiger partial charge in [-0.2, -0.15) is 0 Å². The maximum Gasteiger partial charge on any atom is 0.136 e. The van der Waals surface area contributed by atoms with Crippen LogP contribution in [-0.2, 0) is 0 Å². The molecule has 0 amide bonds. The van der Waals surface area contributed by atoms with Gasteiger partial charge in [-0.15, -0.1) is 0 Å². The predicted molar refractivity (Wildman–Crippen MR) is 204 cm³/mol. The van der Waals surface area contributed by atoms with E-state index in [4.69, 9.17) is 8.83 Å². The molecule has 0 spiro atoms. The van der Waals surface area contributed by atoms with E-state index >= 15 is 0 Å². The summed E-state index contributed by atoms with van der Waals surface area (Å²) in [4.78, 5) is 2.31. The molecule has 3 nitrogen and oxygen atoms in total. The molecule has 0 aliphatic carbocycles. The maximum absolute atomic E-state index is 6.54. The van der Waals surface area contributed by atoms with Crippen molar-refractivity contribution >= 4 is 71.7 Å². The van der Waals surface area contributed by atoms with Crippen LogP contribution in [0.1, 0.15) is 0 Å². The van der Waals surface area contributed by atoms with Gasteiger partial charge in [0.05, 0.1) is 0 Å². The molecule has 3 heteroatoms. The van der Waals surface area contributed by atoms with Crippen molar-refractivity contribution in [2.24, 2.45) is 0 Å². The van der Waals surface area contributed by atoms with Crippen LogP contribution in [0.2, 0.25) is 0 Å². The van der Waals surface area contributed by atoms with Gasteiger partial charge in [0, 0.05) is 44.0 Å². The SMILES string of the molecule is c1ccc(-c2ccc(N(c3ccccc3)c3ccc(-c4cccc5oc6ccc7ccc8oc9ccccc9c8c7c6c45)cc3)cc2)cc1. The Morgan fingerprint density at radius 2 is 0.837 bits per heavy atom. The number of anilines is 3. The minimum Gasteiger partial charge on any atom is -0.456 e. The lowest BCUT2D eigenvalue weighted by molar-refractivity contribution is 0.669. The average Bonchev–Trinajstić information content (AvgIpc) is 3.75. The zero-order valence-corrected chi connectivity index (χ0v) is 26.5. The summed E-state index contributed by atoms with van der Waals surface area (Å²) in [5, 5.41) is 6.81. The lowest BCUT2D eigenvalue weighted by Gasteiger charge is -2.26. The molecule has 230 valence electrons. The van der Waals surface area contributed by atoms with Gasteiger partial charge in [0.25, 0.3) is 0 Å². The van der Waals surface area contributed by atoms with Crippen LogP contribution < -0.4 is 4.90 Å². The molecule has 0 aliphatic heterocycles. The molecule has 10 aromatic rings. The van der Waals surface area contributed by atoms with Gasteiger partial charge in [-0.1, -0.05) is 115 Å². The number of benzene rings is 8. The summed E-state index contributed by atoms with van der Waals surface area (Å²) >= 11 is 0. The van der Waals surface area contributed by atoms with Crippen molar-refractivity contribution in [2.75, 3.05) is 4.90 Å². The van der Waals surface area contributed by atoms with Crippen molar-refractivity contribution in [3.05, 3.63) is 176 Å². The van der Waals surface area contributed by atoms with E-state index in [0.29, 0.717) is 0 Å². The summed E-state index contributed by atoms with van der Waals surface area (Å²) < 4.78 is 12.9. The highest BCUT2D eigenvalue weighted by Gasteiger charge is 2.20. The van der Waals surface area contributed by atoms with Gasteiger partial charge in [0.1, 0.15) is 22.3 Å². The normalized spacial score (nSPS) is 11.7. The first-order valence-electron chi connectivity index (χ1n) is 16.6. The molecular weight excluding hydrogens is 599 g/mol. The fourth-order valence-corrected chi connectivity index (χ4v) is 7.43. The highest BCUT2D eigenvalue weighted by Crippen LogP contribution is 2.45. The molecule has 8 aromatic carbocycles. The molecule has 0 atom stereocenters. The second-order valence-electron chi connectivity index (χ2n) is 12.5. The van der Waals surface area contributed by atoms with E-state index < -0.39 is 0 Å². The zero-order valence-electron chi connectivity index (χ0n) is 26.5. The van der Waals surface area contributed by atoms with Gasteiger partial charge >= 0.3 is 0 Å². The summed E-state index contributed by atoms with van der Waals surface area (Å²) in [6.07, 6.45) is 0. The summed E-state index contributed by atoms with van der Waals surface area (Å²) in [5.74, 6) is 0. The van der Waals surface area contributed by atoms with E-state index in [1.54, 1.807) is 0 Å². The molecule has 2 heterocycles. The number of nitrogens with zero attached hydrogens (tertiary/aromatic N) is 1. The molecule has 0 fully saturated rings. The first-order chi connectivity index (χ1) is 24.3. The first kappa shape index (κ1) is 27.5. The minimum absolute atomic E-state index is 0.873. The minimum atomic E-state index is 0.873. The van der Waals surface area contributed by atoms with Gasteiger partial charge in [0.15, 0.2) is 0 Å². The number of hydrogen-bond acceptors (Lipinski definition) is 3. The van der Waals surface area contributed by atoms with Crippen LogP contribution in [0.4, 0.5) is 17.1 Å². The summed E-state index contributed by atoms with van der Waals surface area (Å²) in [5.41, 5.74) is 11.5. The summed E-state index contributed by atoms with van der Waals surface area (Å²) in [6, 6.07) is 61.9. The maximum atomic E-state index is 6.54. The number of para-hydroxylation sites is 2. The van der Waals surface area contributed by atoms with Crippen LogP contribution in [0.5, 0.6) is 0 Å². The highest BCUT2D eigenvalue weighted by molar-refractivity contribution is 6.32. The average molecular weight is 628 g/mol. The predicted octanol–water partition coefficient (Wildman–Crippen LogP) is 13.4. The molecule has 10 rings (SSSR count). The van der Waals surface area contributed by atoms with Crippen molar-refractivity contribution in [3.63, 3.8) is 0 Å². The van der Waals surface area contributed by atoms with E-state index in [2.05, 4.69) is 169 Å². The van der Waals surface area contributed by atoms with Crippen LogP contribution in [0.25, 0.3) is 76.9 Å². The van der Waals surface area contributed by atoms with Crippen LogP contribution in [0, 0.1) is 0 Å². The van der Waals surface area contributed by atoms with Crippen molar-refractivity contribution in [2.45, 2.75) is 0 Å². The Kier molecular flexibility index (Phi) is 6.18. The van der Waals surface area contributed by atoms with Crippen molar-refractivity contribution < 1.29 is 8.83 Å². The van der Waals surface area contributed by atoms with E-state index in [9.17, 15) is 0 Å². The Labute approximate surface area is 282 Å². The van der Waals surface area contributed by atoms with E-state index in [1.165, 1.54) is 11.1 Å². The zero-order chi connectivity index (χ0) is 32.3. The van der Waals surface area contributed by atoms with Crippen molar-refractivity contribution in [1.29, 1.82) is 0 Å². The Bertz CT molecular complexity index is 2790. The molecule has 0 aliphatic rings. The van der Waals surface area contributed by atoms with Crippen LogP contribution in [0.3, 0.4) is 0 Å². The Morgan fingerprint density at radius 1 is 0.306 bits per heavy atom. The lowest BCUT2D eigenvalue weighted by Crippen LogP contribution is -2.09. The Balaban J connectivity index is 1.13. The van der Waals surface area contributed by atoms with Gasteiger partial charge in [-0.25, -0.2) is 0 Å². The fourth-order valence-electron chi connectivity index (χ4n) is 7.43. The van der Waals surface area contributed by atoms with Crippen LogP contribution in [-0.4, -0.2) is 0 Å². The molecule has 0 saturated heterocycles. The lowest BCUT2D eigenvalue weighted by atomic mass is 9.94. The van der Waals surface area contributed by atoms with Crippen molar-refractivity contribution in [1.82, 2.24) is 0 Å².